The zero-order chi connectivity index (χ0) is 26.0. The molecule has 2 fully saturated rings. The summed E-state index contributed by atoms with van der Waals surface area (Å²) in [5, 5.41) is 0. The number of hydrogen-bond donors (Lipinski definition) is 2. The maximum atomic E-state index is 12.9. The first-order chi connectivity index (χ1) is 17.9. The molecule has 12 nitrogen and oxygen atoms in total. The van der Waals surface area contributed by atoms with Gasteiger partial charge in [0.15, 0.2) is 17.0 Å². The van der Waals surface area contributed by atoms with Crippen LogP contribution in [0.3, 0.4) is 0 Å². The van der Waals surface area contributed by atoms with Gasteiger partial charge in [-0.15, -0.1) is 0 Å². The molecule has 2 aliphatic heterocycles. The fourth-order valence-electron chi connectivity index (χ4n) is 5.15. The molecule has 5 rings (SSSR count). The lowest BCUT2D eigenvalue weighted by Crippen LogP contribution is -2.41. The average Bonchev–Trinajstić information content (AvgIpc) is 3.33. The fraction of sp³-hybridized carbons (Fsp3) is 0.542. The standard InChI is InChI=1S/C24H34N8O4S/c1-35-20-15-18(3-4-19(20)32-16-27-21-22(25)28-24(26)29-23(21)32)17-5-8-31(9-6-17)37(33,34)14-2-7-30-10-12-36-13-11-30/h3-4,15-17H,2,5-14H2,1H3,(H4,25,26,28,29). The lowest BCUT2D eigenvalue weighted by Gasteiger charge is -2.32. The number of imidazole rings is 1. The molecule has 3 aromatic rings. The number of fused-ring (bicyclic) bond motifs is 1. The van der Waals surface area contributed by atoms with Crippen molar-refractivity contribution in [2.24, 2.45) is 0 Å². The van der Waals surface area contributed by atoms with E-state index in [0.29, 0.717) is 36.4 Å². The topological polar surface area (TPSA) is 155 Å². The van der Waals surface area contributed by atoms with Crippen LogP contribution in [-0.4, -0.2) is 95.9 Å². The summed E-state index contributed by atoms with van der Waals surface area (Å²) in [7, 11) is -1.64. The number of methoxy groups -OCH3 is 1. The number of rotatable bonds is 8. The van der Waals surface area contributed by atoms with Gasteiger partial charge in [0.1, 0.15) is 12.1 Å². The molecule has 37 heavy (non-hydrogen) atoms. The highest BCUT2D eigenvalue weighted by molar-refractivity contribution is 7.89. The Kier molecular flexibility index (Phi) is 7.47. The SMILES string of the molecule is COc1cc(C2CCN(S(=O)(=O)CCCN3CCOCC3)CC2)ccc1-n1cnc2c(N)nc(N)nc21. The van der Waals surface area contributed by atoms with Gasteiger partial charge in [0.05, 0.1) is 31.8 Å². The van der Waals surface area contributed by atoms with Crippen molar-refractivity contribution in [3.63, 3.8) is 0 Å². The molecule has 4 N–H and O–H groups in total. The normalized spacial score (nSPS) is 18.4. The van der Waals surface area contributed by atoms with E-state index in [1.165, 1.54) is 0 Å². The quantitative estimate of drug-likeness (QED) is 0.434. The number of aromatic nitrogens is 4. The molecule has 0 unspecified atom stereocenters. The predicted octanol–water partition coefficient (Wildman–Crippen LogP) is 1.22. The van der Waals surface area contributed by atoms with E-state index in [1.807, 2.05) is 12.1 Å². The zero-order valence-corrected chi connectivity index (χ0v) is 21.9. The number of anilines is 2. The van der Waals surface area contributed by atoms with E-state index < -0.39 is 10.0 Å². The number of nitrogen functional groups attached to an aromatic ring is 2. The molecule has 0 spiro atoms. The summed E-state index contributed by atoms with van der Waals surface area (Å²) in [6.07, 6.45) is 3.79. The molecular formula is C24H34N8O4S. The van der Waals surface area contributed by atoms with Crippen LogP contribution in [0.2, 0.25) is 0 Å². The van der Waals surface area contributed by atoms with Crippen molar-refractivity contribution in [1.29, 1.82) is 0 Å². The third kappa shape index (κ3) is 5.49. The van der Waals surface area contributed by atoms with Crippen molar-refractivity contribution in [3.05, 3.63) is 30.1 Å². The molecule has 0 atom stereocenters. The second-order valence-electron chi connectivity index (χ2n) is 9.48. The molecular weight excluding hydrogens is 496 g/mol. The Morgan fingerprint density at radius 2 is 1.86 bits per heavy atom. The number of sulfonamides is 1. The van der Waals surface area contributed by atoms with E-state index in [9.17, 15) is 8.42 Å². The number of ether oxygens (including phenoxy) is 2. The summed E-state index contributed by atoms with van der Waals surface area (Å²) in [5.74, 6) is 1.39. The van der Waals surface area contributed by atoms with Crippen molar-refractivity contribution >= 4 is 33.0 Å². The van der Waals surface area contributed by atoms with Gasteiger partial charge in [-0.25, -0.2) is 17.7 Å². The fourth-order valence-corrected chi connectivity index (χ4v) is 6.67. The third-order valence-electron chi connectivity index (χ3n) is 7.20. The molecule has 0 saturated carbocycles. The number of morpholine rings is 1. The summed E-state index contributed by atoms with van der Waals surface area (Å²) in [6.45, 7) is 5.04. The van der Waals surface area contributed by atoms with Crippen molar-refractivity contribution in [3.8, 4) is 11.4 Å². The minimum atomic E-state index is -3.26. The van der Waals surface area contributed by atoms with Gasteiger partial charge in [0.2, 0.25) is 16.0 Å². The second-order valence-corrected chi connectivity index (χ2v) is 11.6. The van der Waals surface area contributed by atoms with E-state index in [-0.39, 0.29) is 23.4 Å². The van der Waals surface area contributed by atoms with Crippen LogP contribution < -0.4 is 16.2 Å². The molecule has 2 saturated heterocycles. The number of hydrogen-bond acceptors (Lipinski definition) is 10. The Hall–Kier alpha value is -3.00. The molecule has 13 heteroatoms. The molecule has 200 valence electrons. The largest absolute Gasteiger partial charge is 0.495 e. The smallest absolute Gasteiger partial charge is 0.224 e. The highest BCUT2D eigenvalue weighted by atomic mass is 32.2. The van der Waals surface area contributed by atoms with E-state index >= 15 is 0 Å². The molecule has 1 aromatic carbocycles. The first-order valence-electron chi connectivity index (χ1n) is 12.6. The summed E-state index contributed by atoms with van der Waals surface area (Å²) in [6, 6.07) is 6.01. The second kappa shape index (κ2) is 10.8. The lowest BCUT2D eigenvalue weighted by atomic mass is 9.90. The number of benzene rings is 1. The van der Waals surface area contributed by atoms with Gasteiger partial charge in [-0.2, -0.15) is 9.97 Å². The number of piperidine rings is 1. The minimum Gasteiger partial charge on any atom is -0.495 e. The zero-order valence-electron chi connectivity index (χ0n) is 21.0. The third-order valence-corrected chi connectivity index (χ3v) is 9.16. The van der Waals surface area contributed by atoms with E-state index in [4.69, 9.17) is 20.9 Å². The van der Waals surface area contributed by atoms with Crippen molar-refractivity contribution in [2.45, 2.75) is 25.2 Å². The summed E-state index contributed by atoms with van der Waals surface area (Å²) in [4.78, 5) is 14.9. The maximum Gasteiger partial charge on any atom is 0.224 e. The van der Waals surface area contributed by atoms with Gasteiger partial charge in [-0.05, 0) is 49.4 Å². The molecule has 0 radical (unpaired) electrons. The van der Waals surface area contributed by atoms with Crippen LogP contribution in [0.1, 0.15) is 30.7 Å². The summed E-state index contributed by atoms with van der Waals surface area (Å²) in [5.41, 5.74) is 14.6. The van der Waals surface area contributed by atoms with E-state index in [0.717, 1.165) is 56.9 Å². The van der Waals surface area contributed by atoms with E-state index in [1.54, 1.807) is 22.3 Å². The van der Waals surface area contributed by atoms with Gasteiger partial charge >= 0.3 is 0 Å². The summed E-state index contributed by atoms with van der Waals surface area (Å²) >= 11 is 0. The lowest BCUT2D eigenvalue weighted by molar-refractivity contribution is 0.0380. The highest BCUT2D eigenvalue weighted by Gasteiger charge is 2.29. The van der Waals surface area contributed by atoms with Gasteiger partial charge in [0, 0.05) is 26.2 Å². The van der Waals surface area contributed by atoms with Crippen LogP contribution in [0.5, 0.6) is 5.75 Å². The van der Waals surface area contributed by atoms with Crippen LogP contribution in [-0.2, 0) is 14.8 Å². The first kappa shape index (κ1) is 25.6. The monoisotopic (exact) mass is 530 g/mol. The number of nitrogens with two attached hydrogens (primary N) is 2. The summed E-state index contributed by atoms with van der Waals surface area (Å²) < 4.78 is 40.4. The van der Waals surface area contributed by atoms with Crippen LogP contribution in [0, 0.1) is 0 Å². The minimum absolute atomic E-state index is 0.0742. The van der Waals surface area contributed by atoms with E-state index in [2.05, 4.69) is 25.9 Å². The van der Waals surface area contributed by atoms with Crippen LogP contribution in [0.4, 0.5) is 11.8 Å². The Morgan fingerprint density at radius 1 is 1.11 bits per heavy atom. The van der Waals surface area contributed by atoms with Gasteiger partial charge in [0.25, 0.3) is 0 Å². The Bertz CT molecular complexity index is 1350. The van der Waals surface area contributed by atoms with Gasteiger partial charge in [-0.1, -0.05) is 6.07 Å². The molecule has 0 amide bonds. The van der Waals surface area contributed by atoms with Crippen molar-refractivity contribution in [1.82, 2.24) is 28.7 Å². The first-order valence-corrected chi connectivity index (χ1v) is 14.2. The maximum absolute atomic E-state index is 12.9. The number of nitrogens with zero attached hydrogens (tertiary/aromatic N) is 6. The molecule has 0 aliphatic carbocycles. The Labute approximate surface area is 216 Å². The van der Waals surface area contributed by atoms with Crippen molar-refractivity contribution in [2.75, 3.05) is 70.3 Å². The highest BCUT2D eigenvalue weighted by Crippen LogP contribution is 2.35. The molecule has 4 heterocycles. The Morgan fingerprint density at radius 3 is 2.59 bits per heavy atom. The van der Waals surface area contributed by atoms with Crippen molar-refractivity contribution < 1.29 is 17.9 Å². The molecule has 2 aliphatic rings. The Balaban J connectivity index is 1.24. The van der Waals surface area contributed by atoms with Crippen LogP contribution in [0.25, 0.3) is 16.9 Å². The predicted molar refractivity (Wildman–Crippen MR) is 141 cm³/mol. The molecule has 0 bridgehead atoms. The van der Waals surface area contributed by atoms with Gasteiger partial charge < -0.3 is 20.9 Å². The average molecular weight is 531 g/mol. The van der Waals surface area contributed by atoms with Crippen LogP contribution in [0.15, 0.2) is 24.5 Å². The van der Waals surface area contributed by atoms with Crippen LogP contribution >= 0.6 is 0 Å². The van der Waals surface area contributed by atoms with Gasteiger partial charge in [-0.3, -0.25) is 9.47 Å². The molecule has 2 aromatic heterocycles.